The molecular weight excluding hydrogens is 172 g/mol. The Labute approximate surface area is 77.3 Å². The third-order valence-corrected chi connectivity index (χ3v) is 2.67. The molecule has 2 heteroatoms. The number of hydrogen-bond acceptors (Lipinski definition) is 1. The van der Waals surface area contributed by atoms with Gasteiger partial charge >= 0.3 is 0 Å². The molecule has 0 saturated heterocycles. The Bertz CT molecular complexity index is 307. The van der Waals surface area contributed by atoms with Crippen LogP contribution in [-0.4, -0.2) is 6.61 Å². The SMILES string of the molecule is CCc1ccc2c(c1Cl)OCC2. The van der Waals surface area contributed by atoms with Gasteiger partial charge in [-0.1, -0.05) is 30.7 Å². The molecule has 0 N–H and O–H groups in total. The van der Waals surface area contributed by atoms with Gasteiger partial charge in [-0.15, -0.1) is 0 Å². The van der Waals surface area contributed by atoms with Gasteiger partial charge in [-0.25, -0.2) is 0 Å². The van der Waals surface area contributed by atoms with Crippen LogP contribution >= 0.6 is 11.6 Å². The molecule has 1 aliphatic heterocycles. The average molecular weight is 183 g/mol. The maximum atomic E-state index is 6.13. The van der Waals surface area contributed by atoms with Gasteiger partial charge in [0.2, 0.25) is 0 Å². The van der Waals surface area contributed by atoms with Crippen LogP contribution in [0.4, 0.5) is 0 Å². The molecule has 1 nitrogen and oxygen atoms in total. The van der Waals surface area contributed by atoms with E-state index < -0.39 is 0 Å². The maximum Gasteiger partial charge on any atom is 0.141 e. The van der Waals surface area contributed by atoms with E-state index in [4.69, 9.17) is 16.3 Å². The van der Waals surface area contributed by atoms with Crippen LogP contribution in [0.3, 0.4) is 0 Å². The zero-order valence-corrected chi connectivity index (χ0v) is 7.82. The molecule has 12 heavy (non-hydrogen) atoms. The molecule has 0 aromatic heterocycles. The lowest BCUT2D eigenvalue weighted by molar-refractivity contribution is 0.356. The van der Waals surface area contributed by atoms with E-state index in [2.05, 4.69) is 19.1 Å². The summed E-state index contributed by atoms with van der Waals surface area (Å²) in [6.07, 6.45) is 1.97. The molecule has 0 bridgehead atoms. The Morgan fingerprint density at radius 1 is 1.50 bits per heavy atom. The van der Waals surface area contributed by atoms with E-state index in [9.17, 15) is 0 Å². The van der Waals surface area contributed by atoms with Gasteiger partial charge in [0.25, 0.3) is 0 Å². The van der Waals surface area contributed by atoms with Crippen LogP contribution in [-0.2, 0) is 12.8 Å². The van der Waals surface area contributed by atoms with Crippen molar-refractivity contribution >= 4 is 11.6 Å². The lowest BCUT2D eigenvalue weighted by atomic mass is 10.1. The molecule has 1 aromatic carbocycles. The minimum Gasteiger partial charge on any atom is -0.491 e. The fourth-order valence-electron chi connectivity index (χ4n) is 1.53. The van der Waals surface area contributed by atoms with Gasteiger partial charge in [-0.3, -0.25) is 0 Å². The quantitative estimate of drug-likeness (QED) is 0.649. The highest BCUT2D eigenvalue weighted by Gasteiger charge is 2.16. The summed E-state index contributed by atoms with van der Waals surface area (Å²) in [5, 5.41) is 0.813. The summed E-state index contributed by atoms with van der Waals surface area (Å²) in [4.78, 5) is 0. The number of hydrogen-bond donors (Lipinski definition) is 0. The summed E-state index contributed by atoms with van der Waals surface area (Å²) in [6.45, 7) is 2.88. The zero-order chi connectivity index (χ0) is 8.55. The van der Waals surface area contributed by atoms with Crippen molar-refractivity contribution in [1.82, 2.24) is 0 Å². The van der Waals surface area contributed by atoms with Gasteiger partial charge in [0.1, 0.15) is 5.75 Å². The number of fused-ring (bicyclic) bond motifs is 1. The molecule has 0 radical (unpaired) electrons. The summed E-state index contributed by atoms with van der Waals surface area (Å²) < 4.78 is 5.44. The minimum absolute atomic E-state index is 0.780. The molecule has 0 spiro atoms. The smallest absolute Gasteiger partial charge is 0.141 e. The molecule has 0 atom stereocenters. The minimum atomic E-state index is 0.780. The first-order valence-electron chi connectivity index (χ1n) is 4.26. The van der Waals surface area contributed by atoms with Crippen LogP contribution in [0.25, 0.3) is 0 Å². The standard InChI is InChI=1S/C10H11ClO/c1-2-7-3-4-8-5-6-12-10(8)9(7)11/h3-4H,2,5-6H2,1H3. The zero-order valence-electron chi connectivity index (χ0n) is 7.06. The fraction of sp³-hybridized carbons (Fsp3) is 0.400. The highest BCUT2D eigenvalue weighted by Crippen LogP contribution is 2.35. The average Bonchev–Trinajstić information content (AvgIpc) is 2.53. The van der Waals surface area contributed by atoms with Gasteiger partial charge < -0.3 is 4.74 Å². The van der Waals surface area contributed by atoms with E-state index in [1.807, 2.05) is 0 Å². The molecule has 1 aliphatic rings. The number of ether oxygens (including phenoxy) is 1. The summed E-state index contributed by atoms with van der Waals surface area (Å²) in [5.41, 5.74) is 2.43. The van der Waals surface area contributed by atoms with Crippen molar-refractivity contribution in [2.75, 3.05) is 6.61 Å². The van der Waals surface area contributed by atoms with Gasteiger partial charge in [0, 0.05) is 6.42 Å². The second-order valence-corrected chi connectivity index (χ2v) is 3.36. The molecule has 0 unspecified atom stereocenters. The van der Waals surface area contributed by atoms with Crippen molar-refractivity contribution in [3.05, 3.63) is 28.3 Å². The monoisotopic (exact) mass is 182 g/mol. The molecule has 1 aromatic rings. The maximum absolute atomic E-state index is 6.13. The van der Waals surface area contributed by atoms with E-state index in [1.54, 1.807) is 0 Å². The lowest BCUT2D eigenvalue weighted by Gasteiger charge is -2.05. The van der Waals surface area contributed by atoms with E-state index in [0.717, 1.165) is 30.2 Å². The highest BCUT2D eigenvalue weighted by atomic mass is 35.5. The number of halogens is 1. The first kappa shape index (κ1) is 7.93. The lowest BCUT2D eigenvalue weighted by Crippen LogP contribution is -1.88. The van der Waals surface area contributed by atoms with Crippen LogP contribution in [0.2, 0.25) is 5.02 Å². The second kappa shape index (κ2) is 2.98. The largest absolute Gasteiger partial charge is 0.491 e. The normalized spacial score (nSPS) is 14.2. The van der Waals surface area contributed by atoms with E-state index in [0.29, 0.717) is 0 Å². The van der Waals surface area contributed by atoms with E-state index >= 15 is 0 Å². The van der Waals surface area contributed by atoms with Crippen LogP contribution in [0.5, 0.6) is 5.75 Å². The van der Waals surface area contributed by atoms with E-state index in [-0.39, 0.29) is 0 Å². The molecule has 0 fully saturated rings. The number of rotatable bonds is 1. The second-order valence-electron chi connectivity index (χ2n) is 2.98. The Hall–Kier alpha value is -0.690. The van der Waals surface area contributed by atoms with E-state index in [1.165, 1.54) is 11.1 Å². The summed E-state index contributed by atoms with van der Waals surface area (Å²) in [6, 6.07) is 4.21. The Kier molecular flexibility index (Phi) is 1.97. The Morgan fingerprint density at radius 3 is 3.08 bits per heavy atom. The van der Waals surface area contributed by atoms with Gasteiger partial charge in [-0.2, -0.15) is 0 Å². The predicted octanol–water partition coefficient (Wildman–Crippen LogP) is 2.84. The van der Waals surface area contributed by atoms with Crippen molar-refractivity contribution in [1.29, 1.82) is 0 Å². The summed E-state index contributed by atoms with van der Waals surface area (Å²) in [5.74, 6) is 0.913. The van der Waals surface area contributed by atoms with Gasteiger partial charge in [-0.05, 0) is 17.5 Å². The van der Waals surface area contributed by atoms with Crippen molar-refractivity contribution < 1.29 is 4.74 Å². The van der Waals surface area contributed by atoms with Crippen molar-refractivity contribution in [2.24, 2.45) is 0 Å². The molecule has 0 aliphatic carbocycles. The molecule has 0 saturated carbocycles. The number of aryl methyl sites for hydroxylation is 1. The third kappa shape index (κ3) is 1.09. The van der Waals surface area contributed by atoms with Crippen molar-refractivity contribution in [3.63, 3.8) is 0 Å². The molecule has 2 rings (SSSR count). The van der Waals surface area contributed by atoms with Crippen LogP contribution in [0.15, 0.2) is 12.1 Å². The molecule has 64 valence electrons. The fourth-order valence-corrected chi connectivity index (χ4v) is 1.90. The summed E-state index contributed by atoms with van der Waals surface area (Å²) in [7, 11) is 0. The van der Waals surface area contributed by atoms with Crippen LogP contribution < -0.4 is 4.74 Å². The molecular formula is C10H11ClO. The number of benzene rings is 1. The highest BCUT2D eigenvalue weighted by molar-refractivity contribution is 6.33. The van der Waals surface area contributed by atoms with Crippen LogP contribution in [0, 0.1) is 0 Å². The topological polar surface area (TPSA) is 9.23 Å². The first-order chi connectivity index (χ1) is 5.83. The van der Waals surface area contributed by atoms with Crippen molar-refractivity contribution in [3.8, 4) is 5.75 Å². The molecule has 0 amide bonds. The van der Waals surface area contributed by atoms with Gasteiger partial charge in [0.15, 0.2) is 0 Å². The molecule has 1 heterocycles. The Morgan fingerprint density at radius 2 is 2.33 bits per heavy atom. The van der Waals surface area contributed by atoms with Gasteiger partial charge in [0.05, 0.1) is 11.6 Å². The Balaban J connectivity index is 2.54. The third-order valence-electron chi connectivity index (χ3n) is 2.26. The predicted molar refractivity (Wildman–Crippen MR) is 50.0 cm³/mol. The van der Waals surface area contributed by atoms with Crippen molar-refractivity contribution in [2.45, 2.75) is 19.8 Å². The van der Waals surface area contributed by atoms with Crippen LogP contribution in [0.1, 0.15) is 18.1 Å². The summed E-state index contributed by atoms with van der Waals surface area (Å²) >= 11 is 6.13. The first-order valence-corrected chi connectivity index (χ1v) is 4.63.